The van der Waals surface area contributed by atoms with Gasteiger partial charge in [0.2, 0.25) is 11.8 Å². The smallest absolute Gasteiger partial charge is 0.234 e. The van der Waals surface area contributed by atoms with Crippen molar-refractivity contribution in [3.8, 4) is 0 Å². The third kappa shape index (κ3) is 6.03. The molecular formula is C16H13Cl2FN2O2S. The summed E-state index contributed by atoms with van der Waals surface area (Å²) in [5, 5.41) is 6.08. The lowest BCUT2D eigenvalue weighted by Gasteiger charge is -2.08. The summed E-state index contributed by atoms with van der Waals surface area (Å²) in [4.78, 5) is 23.6. The molecule has 0 aliphatic heterocycles. The van der Waals surface area contributed by atoms with Crippen LogP contribution in [0.1, 0.15) is 0 Å². The number of carbonyl (C=O) groups excluding carboxylic acids is 2. The Morgan fingerprint density at radius 2 is 1.58 bits per heavy atom. The summed E-state index contributed by atoms with van der Waals surface area (Å²) < 4.78 is 12.8. The van der Waals surface area contributed by atoms with E-state index >= 15 is 0 Å². The molecule has 0 unspecified atom stereocenters. The first kappa shape index (κ1) is 18.6. The highest BCUT2D eigenvalue weighted by atomic mass is 35.5. The van der Waals surface area contributed by atoms with Crippen LogP contribution in [0.15, 0.2) is 42.5 Å². The Labute approximate surface area is 152 Å². The van der Waals surface area contributed by atoms with Gasteiger partial charge < -0.3 is 10.6 Å². The first-order valence-electron chi connectivity index (χ1n) is 6.82. The van der Waals surface area contributed by atoms with Gasteiger partial charge >= 0.3 is 0 Å². The lowest BCUT2D eigenvalue weighted by Crippen LogP contribution is -2.18. The van der Waals surface area contributed by atoms with Crippen molar-refractivity contribution in [1.82, 2.24) is 0 Å². The molecule has 24 heavy (non-hydrogen) atoms. The molecule has 0 radical (unpaired) electrons. The Hall–Kier alpha value is -1.76. The molecule has 2 aromatic carbocycles. The van der Waals surface area contributed by atoms with Crippen LogP contribution >= 0.6 is 35.0 Å². The first-order valence-corrected chi connectivity index (χ1v) is 8.73. The van der Waals surface area contributed by atoms with Crippen molar-refractivity contribution in [2.24, 2.45) is 0 Å². The van der Waals surface area contributed by atoms with E-state index < -0.39 is 0 Å². The summed E-state index contributed by atoms with van der Waals surface area (Å²) in [6.07, 6.45) is 0. The minimum Gasteiger partial charge on any atom is -0.325 e. The Balaban J connectivity index is 1.75. The molecule has 126 valence electrons. The van der Waals surface area contributed by atoms with Gasteiger partial charge in [-0.3, -0.25) is 9.59 Å². The highest BCUT2D eigenvalue weighted by Gasteiger charge is 2.09. The second-order valence-electron chi connectivity index (χ2n) is 4.72. The van der Waals surface area contributed by atoms with Gasteiger partial charge in [-0.25, -0.2) is 4.39 Å². The number of anilines is 2. The lowest BCUT2D eigenvalue weighted by molar-refractivity contribution is -0.114. The molecule has 0 aliphatic carbocycles. The molecule has 0 aromatic heterocycles. The molecule has 0 atom stereocenters. The lowest BCUT2D eigenvalue weighted by atomic mass is 10.3. The predicted molar refractivity (Wildman–Crippen MR) is 97.4 cm³/mol. The maximum Gasteiger partial charge on any atom is 0.234 e. The van der Waals surface area contributed by atoms with Gasteiger partial charge in [0.15, 0.2) is 0 Å². The highest BCUT2D eigenvalue weighted by molar-refractivity contribution is 8.00. The second-order valence-corrected chi connectivity index (χ2v) is 6.55. The quantitative estimate of drug-likeness (QED) is 0.771. The number of hydrogen-bond acceptors (Lipinski definition) is 3. The van der Waals surface area contributed by atoms with Crippen molar-refractivity contribution in [1.29, 1.82) is 0 Å². The van der Waals surface area contributed by atoms with E-state index in [1.54, 1.807) is 18.2 Å². The molecule has 2 rings (SSSR count). The van der Waals surface area contributed by atoms with Gasteiger partial charge in [-0.15, -0.1) is 11.8 Å². The summed E-state index contributed by atoms with van der Waals surface area (Å²) in [6.45, 7) is 0. The monoisotopic (exact) mass is 386 g/mol. The molecule has 4 nitrogen and oxygen atoms in total. The summed E-state index contributed by atoms with van der Waals surface area (Å²) in [5.74, 6) is -0.772. The number of hydrogen-bond donors (Lipinski definition) is 2. The number of nitrogens with one attached hydrogen (secondary N) is 2. The van der Waals surface area contributed by atoms with Crippen LogP contribution < -0.4 is 10.6 Å². The van der Waals surface area contributed by atoms with Crippen LogP contribution in [-0.2, 0) is 9.59 Å². The third-order valence-corrected chi connectivity index (χ3v) is 4.29. The standard InChI is InChI=1S/C16H13Cl2FN2O2S/c17-10-1-6-13(18)14(7-10)21-16(23)9-24-8-15(22)20-12-4-2-11(19)3-5-12/h1-7H,8-9H2,(H,20,22)(H,21,23). The van der Waals surface area contributed by atoms with Crippen molar-refractivity contribution < 1.29 is 14.0 Å². The maximum atomic E-state index is 12.8. The highest BCUT2D eigenvalue weighted by Crippen LogP contribution is 2.25. The number of amides is 2. The van der Waals surface area contributed by atoms with Gasteiger partial charge in [-0.05, 0) is 42.5 Å². The molecule has 0 bridgehead atoms. The Kier molecular flexibility index (Phi) is 6.90. The average Bonchev–Trinajstić information content (AvgIpc) is 2.53. The van der Waals surface area contributed by atoms with Gasteiger partial charge in [0, 0.05) is 10.7 Å². The van der Waals surface area contributed by atoms with E-state index in [1.165, 1.54) is 24.3 Å². The third-order valence-electron chi connectivity index (χ3n) is 2.80. The Morgan fingerprint density at radius 3 is 2.25 bits per heavy atom. The van der Waals surface area contributed by atoms with E-state index in [-0.39, 0.29) is 29.1 Å². The maximum absolute atomic E-state index is 12.8. The largest absolute Gasteiger partial charge is 0.325 e. The number of benzene rings is 2. The van der Waals surface area contributed by atoms with Crippen LogP contribution in [-0.4, -0.2) is 23.3 Å². The summed E-state index contributed by atoms with van der Waals surface area (Å²) in [6, 6.07) is 10.2. The van der Waals surface area contributed by atoms with Gasteiger partial charge in [0.25, 0.3) is 0 Å². The average molecular weight is 387 g/mol. The molecule has 2 N–H and O–H groups in total. The number of rotatable bonds is 6. The molecule has 0 spiro atoms. The van der Waals surface area contributed by atoms with E-state index in [1.807, 2.05) is 0 Å². The van der Waals surface area contributed by atoms with Crippen LogP contribution in [0.3, 0.4) is 0 Å². The topological polar surface area (TPSA) is 58.2 Å². The Morgan fingerprint density at radius 1 is 0.958 bits per heavy atom. The fourth-order valence-electron chi connectivity index (χ4n) is 1.75. The summed E-state index contributed by atoms with van der Waals surface area (Å²) in [7, 11) is 0. The number of thioether (sulfide) groups is 1. The molecule has 0 saturated heterocycles. The van der Waals surface area contributed by atoms with Gasteiger partial charge in [0.1, 0.15) is 5.82 Å². The van der Waals surface area contributed by atoms with E-state index in [9.17, 15) is 14.0 Å². The first-order chi connectivity index (χ1) is 11.4. The van der Waals surface area contributed by atoms with Crippen LogP contribution in [0.5, 0.6) is 0 Å². The SMILES string of the molecule is O=C(CSCC(=O)Nc1cc(Cl)ccc1Cl)Nc1ccc(F)cc1. The van der Waals surface area contributed by atoms with Gasteiger partial charge in [-0.2, -0.15) is 0 Å². The van der Waals surface area contributed by atoms with Crippen LogP contribution in [0, 0.1) is 5.82 Å². The van der Waals surface area contributed by atoms with E-state index in [0.29, 0.717) is 21.4 Å². The molecule has 0 saturated carbocycles. The number of halogens is 3. The van der Waals surface area contributed by atoms with Crippen LogP contribution in [0.4, 0.5) is 15.8 Å². The molecule has 0 fully saturated rings. The molecule has 2 aromatic rings. The minimum atomic E-state index is -0.376. The zero-order valence-electron chi connectivity index (χ0n) is 12.3. The number of carbonyl (C=O) groups is 2. The zero-order chi connectivity index (χ0) is 17.5. The summed E-state index contributed by atoms with van der Waals surface area (Å²) in [5.41, 5.74) is 0.919. The van der Waals surface area contributed by atoms with E-state index in [2.05, 4.69) is 10.6 Å². The van der Waals surface area contributed by atoms with Gasteiger partial charge in [-0.1, -0.05) is 23.2 Å². The van der Waals surface area contributed by atoms with Crippen LogP contribution in [0.25, 0.3) is 0 Å². The zero-order valence-corrected chi connectivity index (χ0v) is 14.6. The van der Waals surface area contributed by atoms with Crippen molar-refractivity contribution in [3.63, 3.8) is 0 Å². The predicted octanol–water partition coefficient (Wildman–Crippen LogP) is 4.44. The minimum absolute atomic E-state index is 0.0830. The molecule has 0 aliphatic rings. The van der Waals surface area contributed by atoms with Crippen molar-refractivity contribution in [2.45, 2.75) is 0 Å². The Bertz CT molecular complexity index is 741. The normalized spacial score (nSPS) is 10.3. The fourth-order valence-corrected chi connectivity index (χ4v) is 2.70. The van der Waals surface area contributed by atoms with Crippen LogP contribution in [0.2, 0.25) is 10.0 Å². The van der Waals surface area contributed by atoms with Crippen molar-refractivity contribution in [2.75, 3.05) is 22.1 Å². The molecule has 0 heterocycles. The van der Waals surface area contributed by atoms with Crippen molar-refractivity contribution in [3.05, 3.63) is 58.3 Å². The van der Waals surface area contributed by atoms with Gasteiger partial charge in [0.05, 0.1) is 22.2 Å². The second kappa shape index (κ2) is 8.92. The molecular weight excluding hydrogens is 374 g/mol. The van der Waals surface area contributed by atoms with Crippen molar-refractivity contribution >= 4 is 58.2 Å². The summed E-state index contributed by atoms with van der Waals surface area (Å²) >= 11 is 12.9. The van der Waals surface area contributed by atoms with E-state index in [4.69, 9.17) is 23.2 Å². The fraction of sp³-hybridized carbons (Fsp3) is 0.125. The molecule has 2 amide bonds. The molecule has 8 heteroatoms. The van der Waals surface area contributed by atoms with E-state index in [0.717, 1.165) is 11.8 Å².